The second-order valence-electron chi connectivity index (χ2n) is 5.77. The molecule has 128 valence electrons. The van der Waals surface area contributed by atoms with Crippen LogP contribution in [0.1, 0.15) is 37.8 Å². The van der Waals surface area contributed by atoms with Crippen LogP contribution in [-0.4, -0.2) is 44.6 Å². The zero-order valence-electron chi connectivity index (χ0n) is 13.8. The van der Waals surface area contributed by atoms with Crippen LogP contribution in [0, 0.1) is 0 Å². The summed E-state index contributed by atoms with van der Waals surface area (Å²) in [7, 11) is -1.75. The topological polar surface area (TPSA) is 75.7 Å². The summed E-state index contributed by atoms with van der Waals surface area (Å²) < 4.78 is 30.0. The molecule has 0 spiro atoms. The van der Waals surface area contributed by atoms with Crippen molar-refractivity contribution in [2.45, 2.75) is 38.3 Å². The SMILES string of the molecule is CCC(NC(=O)C1CCCN1S(C)(=O)=O)c1ccc(OC)cc1. The van der Waals surface area contributed by atoms with E-state index in [1.165, 1.54) is 4.31 Å². The quantitative estimate of drug-likeness (QED) is 0.855. The van der Waals surface area contributed by atoms with Crippen LogP contribution >= 0.6 is 0 Å². The molecule has 2 unspecified atom stereocenters. The number of carbonyl (C=O) groups is 1. The van der Waals surface area contributed by atoms with Crippen molar-refractivity contribution in [3.8, 4) is 5.75 Å². The van der Waals surface area contributed by atoms with Crippen LogP contribution in [0.2, 0.25) is 0 Å². The largest absolute Gasteiger partial charge is 0.497 e. The van der Waals surface area contributed by atoms with E-state index in [1.807, 2.05) is 31.2 Å². The summed E-state index contributed by atoms with van der Waals surface area (Å²) in [5.41, 5.74) is 0.977. The number of ether oxygens (including phenoxy) is 1. The number of nitrogens with zero attached hydrogens (tertiary/aromatic N) is 1. The first-order valence-corrected chi connectivity index (χ1v) is 9.62. The summed E-state index contributed by atoms with van der Waals surface area (Å²) in [5, 5.41) is 2.98. The molecule has 0 saturated carbocycles. The lowest BCUT2D eigenvalue weighted by atomic mass is 10.0. The van der Waals surface area contributed by atoms with Crippen LogP contribution in [0.15, 0.2) is 24.3 Å². The van der Waals surface area contributed by atoms with E-state index in [9.17, 15) is 13.2 Å². The first kappa shape index (κ1) is 17.7. The Bertz CT molecular complexity index is 643. The first-order valence-electron chi connectivity index (χ1n) is 7.78. The van der Waals surface area contributed by atoms with Gasteiger partial charge in [0.2, 0.25) is 15.9 Å². The lowest BCUT2D eigenvalue weighted by Crippen LogP contribution is -2.46. The Morgan fingerprint density at radius 3 is 2.57 bits per heavy atom. The number of amides is 1. The van der Waals surface area contributed by atoms with Crippen molar-refractivity contribution in [3.63, 3.8) is 0 Å². The van der Waals surface area contributed by atoms with Gasteiger partial charge in [0.05, 0.1) is 19.4 Å². The fourth-order valence-electron chi connectivity index (χ4n) is 2.92. The first-order chi connectivity index (χ1) is 10.9. The molecule has 0 radical (unpaired) electrons. The standard InChI is InChI=1S/C16H24N2O4S/c1-4-14(12-7-9-13(22-2)10-8-12)17-16(19)15-6-5-11-18(15)23(3,20)21/h7-10,14-15H,4-6,11H2,1-3H3,(H,17,19). The molecule has 0 aliphatic carbocycles. The predicted octanol–water partition coefficient (Wildman–Crippen LogP) is 1.69. The summed E-state index contributed by atoms with van der Waals surface area (Å²) in [6, 6.07) is 6.78. The number of rotatable bonds is 6. The molecule has 0 aromatic heterocycles. The van der Waals surface area contributed by atoms with Crippen LogP contribution in [0.3, 0.4) is 0 Å². The minimum absolute atomic E-state index is 0.143. The predicted molar refractivity (Wildman–Crippen MR) is 88.7 cm³/mol. The van der Waals surface area contributed by atoms with Crippen molar-refractivity contribution in [3.05, 3.63) is 29.8 Å². The maximum atomic E-state index is 12.5. The van der Waals surface area contributed by atoms with Gasteiger partial charge in [0.25, 0.3) is 0 Å². The second-order valence-corrected chi connectivity index (χ2v) is 7.71. The highest BCUT2D eigenvalue weighted by molar-refractivity contribution is 7.88. The molecular formula is C16H24N2O4S. The van der Waals surface area contributed by atoms with Gasteiger partial charge in [-0.1, -0.05) is 19.1 Å². The van der Waals surface area contributed by atoms with E-state index in [1.54, 1.807) is 7.11 Å². The highest BCUT2D eigenvalue weighted by atomic mass is 32.2. The van der Waals surface area contributed by atoms with Gasteiger partial charge in [0.1, 0.15) is 11.8 Å². The van der Waals surface area contributed by atoms with E-state index in [-0.39, 0.29) is 11.9 Å². The molecule has 23 heavy (non-hydrogen) atoms. The van der Waals surface area contributed by atoms with Crippen molar-refractivity contribution < 1.29 is 17.9 Å². The lowest BCUT2D eigenvalue weighted by Gasteiger charge is -2.25. The van der Waals surface area contributed by atoms with Gasteiger partial charge in [0, 0.05) is 6.54 Å². The summed E-state index contributed by atoms with van der Waals surface area (Å²) in [5.74, 6) is 0.532. The minimum atomic E-state index is -3.36. The van der Waals surface area contributed by atoms with Crippen molar-refractivity contribution in [2.75, 3.05) is 19.9 Å². The smallest absolute Gasteiger partial charge is 0.238 e. The Labute approximate surface area is 137 Å². The van der Waals surface area contributed by atoms with Crippen LogP contribution in [0.4, 0.5) is 0 Å². The van der Waals surface area contributed by atoms with Gasteiger partial charge in [-0.2, -0.15) is 4.31 Å². The molecule has 1 aliphatic rings. The van der Waals surface area contributed by atoms with Gasteiger partial charge in [-0.25, -0.2) is 8.42 Å². The number of carbonyl (C=O) groups excluding carboxylic acids is 1. The van der Waals surface area contributed by atoms with E-state index in [0.29, 0.717) is 19.4 Å². The number of benzene rings is 1. The third-order valence-electron chi connectivity index (χ3n) is 4.18. The van der Waals surface area contributed by atoms with Crippen molar-refractivity contribution >= 4 is 15.9 Å². The minimum Gasteiger partial charge on any atom is -0.497 e. The van der Waals surface area contributed by atoms with Gasteiger partial charge in [-0.05, 0) is 37.0 Å². The van der Waals surface area contributed by atoms with Crippen LogP contribution in [0.25, 0.3) is 0 Å². The lowest BCUT2D eigenvalue weighted by molar-refractivity contribution is -0.125. The highest BCUT2D eigenvalue weighted by Gasteiger charge is 2.36. The summed E-state index contributed by atoms with van der Waals surface area (Å²) in [6.45, 7) is 2.40. The molecule has 1 aromatic rings. The Kier molecular flexibility index (Phi) is 5.64. The van der Waals surface area contributed by atoms with E-state index >= 15 is 0 Å². The van der Waals surface area contributed by atoms with E-state index in [4.69, 9.17) is 4.74 Å². The zero-order valence-corrected chi connectivity index (χ0v) is 14.6. The molecule has 7 heteroatoms. The Balaban J connectivity index is 2.10. The van der Waals surface area contributed by atoms with Gasteiger partial charge in [-0.15, -0.1) is 0 Å². The average Bonchev–Trinajstić information content (AvgIpc) is 3.02. The molecular weight excluding hydrogens is 316 g/mol. The molecule has 1 heterocycles. The third-order valence-corrected chi connectivity index (χ3v) is 5.46. The zero-order chi connectivity index (χ0) is 17.0. The molecule has 1 amide bonds. The number of hydrogen-bond donors (Lipinski definition) is 1. The van der Waals surface area contributed by atoms with Crippen LogP contribution < -0.4 is 10.1 Å². The number of hydrogen-bond acceptors (Lipinski definition) is 4. The fourth-order valence-corrected chi connectivity index (χ4v) is 4.05. The fraction of sp³-hybridized carbons (Fsp3) is 0.562. The molecule has 1 fully saturated rings. The van der Waals surface area contributed by atoms with Gasteiger partial charge < -0.3 is 10.1 Å². The summed E-state index contributed by atoms with van der Waals surface area (Å²) in [6.07, 6.45) is 3.16. The van der Waals surface area contributed by atoms with Gasteiger partial charge in [0.15, 0.2) is 0 Å². The highest BCUT2D eigenvalue weighted by Crippen LogP contribution is 2.24. The van der Waals surface area contributed by atoms with Crippen LogP contribution in [0.5, 0.6) is 5.75 Å². The third kappa shape index (κ3) is 4.23. The van der Waals surface area contributed by atoms with Crippen LogP contribution in [-0.2, 0) is 14.8 Å². The number of methoxy groups -OCH3 is 1. The molecule has 6 nitrogen and oxygen atoms in total. The summed E-state index contributed by atoms with van der Waals surface area (Å²) in [4.78, 5) is 12.5. The molecule has 2 rings (SSSR count). The van der Waals surface area contributed by atoms with Crippen molar-refractivity contribution in [1.29, 1.82) is 0 Å². The molecule has 2 atom stereocenters. The van der Waals surface area contributed by atoms with E-state index < -0.39 is 16.1 Å². The number of sulfonamides is 1. The van der Waals surface area contributed by atoms with Crippen molar-refractivity contribution in [2.24, 2.45) is 0 Å². The Morgan fingerprint density at radius 1 is 1.39 bits per heavy atom. The van der Waals surface area contributed by atoms with E-state index in [0.717, 1.165) is 24.0 Å². The molecule has 1 aliphatic heterocycles. The molecule has 1 N–H and O–H groups in total. The average molecular weight is 340 g/mol. The summed E-state index contributed by atoms with van der Waals surface area (Å²) >= 11 is 0. The van der Waals surface area contributed by atoms with Gasteiger partial charge >= 0.3 is 0 Å². The second kappa shape index (κ2) is 7.31. The van der Waals surface area contributed by atoms with E-state index in [2.05, 4.69) is 5.32 Å². The molecule has 0 bridgehead atoms. The Hall–Kier alpha value is -1.60. The Morgan fingerprint density at radius 2 is 2.04 bits per heavy atom. The molecule has 1 saturated heterocycles. The maximum Gasteiger partial charge on any atom is 0.238 e. The van der Waals surface area contributed by atoms with Crippen molar-refractivity contribution in [1.82, 2.24) is 9.62 Å². The molecule has 1 aromatic carbocycles. The monoisotopic (exact) mass is 340 g/mol. The number of nitrogens with one attached hydrogen (secondary N) is 1. The maximum absolute atomic E-state index is 12.5. The van der Waals surface area contributed by atoms with Gasteiger partial charge in [-0.3, -0.25) is 4.79 Å². The normalized spacial score (nSPS) is 20.2.